The van der Waals surface area contributed by atoms with Crippen molar-refractivity contribution >= 4 is 24.1 Å². The van der Waals surface area contributed by atoms with E-state index in [4.69, 9.17) is 23.6 Å². The molecule has 12 heteroatoms. The maximum absolute atomic E-state index is 14.4. The molecule has 1 spiro atoms. The summed E-state index contributed by atoms with van der Waals surface area (Å²) in [5.74, 6) is -0.514. The molecule has 264 valence electrons. The number of carbonyl (C=O) groups excluding carboxylic acids is 1. The highest BCUT2D eigenvalue weighted by Gasteiger charge is 2.60. The van der Waals surface area contributed by atoms with Crippen molar-refractivity contribution in [2.24, 2.45) is 5.41 Å². The number of nitrogens with zero attached hydrogens (tertiary/aromatic N) is 1. The number of aromatic nitrogens is 1. The zero-order valence-corrected chi connectivity index (χ0v) is 31.4. The number of fused-ring (bicyclic) bond motifs is 4. The molecule has 1 fully saturated rings. The van der Waals surface area contributed by atoms with Crippen molar-refractivity contribution in [3.8, 4) is 0 Å². The third-order valence-corrected chi connectivity index (χ3v) is 16.5. The third-order valence-electron chi connectivity index (χ3n) is 10.5. The summed E-state index contributed by atoms with van der Waals surface area (Å²) in [7, 11) is -10.7. The van der Waals surface area contributed by atoms with Crippen LogP contribution in [0, 0.1) is 5.41 Å². The van der Waals surface area contributed by atoms with Crippen LogP contribution in [0.2, 0.25) is 18.1 Å². The SMILES string of the molecule is CC(=O)O[C@H]1c2nc(C(C)C)c3c(c2C(O[Si](C)(C)C(C)(C)C)CC1(C)C)C1(CCOCC1)O[C@@H]3c1ccc(S(C)(F)(F)(F)F)cc1. The molecule has 1 saturated heterocycles. The van der Waals surface area contributed by atoms with Crippen molar-refractivity contribution in [3.63, 3.8) is 0 Å². The summed E-state index contributed by atoms with van der Waals surface area (Å²) >= 11 is 0. The fourth-order valence-corrected chi connectivity index (χ4v) is 9.16. The molecular formula is C35H51F4NO5SSi. The lowest BCUT2D eigenvalue weighted by Crippen LogP contribution is -2.46. The molecule has 6 nitrogen and oxygen atoms in total. The number of rotatable bonds is 6. The molecule has 47 heavy (non-hydrogen) atoms. The topological polar surface area (TPSA) is 66.9 Å². The molecule has 1 aromatic carbocycles. The lowest BCUT2D eigenvalue weighted by molar-refractivity contribution is -0.156. The van der Waals surface area contributed by atoms with Crippen LogP contribution < -0.4 is 0 Å². The van der Waals surface area contributed by atoms with Crippen molar-refractivity contribution in [1.82, 2.24) is 4.98 Å². The van der Waals surface area contributed by atoms with Crippen molar-refractivity contribution in [1.29, 1.82) is 0 Å². The van der Waals surface area contributed by atoms with Crippen LogP contribution in [0.15, 0.2) is 29.2 Å². The van der Waals surface area contributed by atoms with Gasteiger partial charge >= 0.3 is 5.97 Å². The molecule has 1 unspecified atom stereocenters. The van der Waals surface area contributed by atoms with Gasteiger partial charge in [-0.3, -0.25) is 9.78 Å². The van der Waals surface area contributed by atoms with Gasteiger partial charge in [-0.05, 0) is 53.7 Å². The van der Waals surface area contributed by atoms with E-state index in [-0.39, 0.29) is 23.3 Å². The molecule has 5 rings (SSSR count). The van der Waals surface area contributed by atoms with Crippen molar-refractivity contribution in [3.05, 3.63) is 57.9 Å². The Labute approximate surface area is 277 Å². The number of carbonyl (C=O) groups is 1. The maximum atomic E-state index is 14.4. The molecule has 3 atom stereocenters. The van der Waals surface area contributed by atoms with Crippen LogP contribution in [0.1, 0.15) is 133 Å². The Hall–Kier alpha value is -1.99. The predicted octanol–water partition coefficient (Wildman–Crippen LogP) is 10.8. The summed E-state index contributed by atoms with van der Waals surface area (Å²) in [6.45, 7) is 21.4. The average molecular weight is 702 g/mol. The lowest BCUT2D eigenvalue weighted by atomic mass is 9.68. The van der Waals surface area contributed by atoms with E-state index in [1.54, 1.807) is 0 Å². The molecule has 0 radical (unpaired) electrons. The van der Waals surface area contributed by atoms with E-state index in [0.29, 0.717) is 43.7 Å². The van der Waals surface area contributed by atoms with Gasteiger partial charge < -0.3 is 18.6 Å². The monoisotopic (exact) mass is 701 g/mol. The largest absolute Gasteiger partial charge is 0.455 e. The lowest BCUT2D eigenvalue weighted by Gasteiger charge is -2.48. The van der Waals surface area contributed by atoms with Crippen LogP contribution in [0.4, 0.5) is 15.5 Å². The molecule has 0 N–H and O–H groups in total. The van der Waals surface area contributed by atoms with Gasteiger partial charge in [0.15, 0.2) is 18.2 Å². The summed E-state index contributed by atoms with van der Waals surface area (Å²) < 4.78 is 83.6. The van der Waals surface area contributed by atoms with E-state index in [1.165, 1.54) is 19.1 Å². The molecular weight excluding hydrogens is 651 g/mol. The molecule has 3 aliphatic rings. The van der Waals surface area contributed by atoms with E-state index >= 15 is 0 Å². The van der Waals surface area contributed by atoms with Gasteiger partial charge in [-0.15, -0.1) is 15.5 Å². The first-order valence-electron chi connectivity index (χ1n) is 16.5. The van der Waals surface area contributed by atoms with E-state index in [0.717, 1.165) is 34.5 Å². The van der Waals surface area contributed by atoms with E-state index in [9.17, 15) is 20.3 Å². The molecule has 1 aliphatic carbocycles. The number of hydrogen-bond donors (Lipinski definition) is 0. The van der Waals surface area contributed by atoms with Gasteiger partial charge in [0, 0.05) is 55.2 Å². The first-order valence-corrected chi connectivity index (χ1v) is 21.8. The molecule has 3 heterocycles. The number of hydrogen-bond acceptors (Lipinski definition) is 6. The Balaban J connectivity index is 1.83. The second-order valence-electron chi connectivity index (χ2n) is 16.4. The fourth-order valence-electron chi connectivity index (χ4n) is 7.08. The average Bonchev–Trinajstić information content (AvgIpc) is 3.22. The van der Waals surface area contributed by atoms with E-state index in [2.05, 4.69) is 47.7 Å². The van der Waals surface area contributed by atoms with Crippen LogP contribution in [-0.2, 0) is 29.0 Å². The van der Waals surface area contributed by atoms with Gasteiger partial charge in [-0.1, -0.05) is 60.6 Å². The number of pyridine rings is 1. The Kier molecular flexibility index (Phi) is 8.30. The van der Waals surface area contributed by atoms with Crippen LogP contribution in [-0.4, -0.2) is 38.7 Å². The fraction of sp³-hybridized carbons (Fsp3) is 0.657. The minimum absolute atomic E-state index is 0.0959. The van der Waals surface area contributed by atoms with Gasteiger partial charge in [0.1, 0.15) is 12.2 Å². The quantitative estimate of drug-likeness (QED) is 0.170. The molecule has 2 aromatic rings. The summed E-state index contributed by atoms with van der Waals surface area (Å²) in [5, 5.41) is -0.0959. The minimum Gasteiger partial charge on any atom is -0.455 e. The highest BCUT2D eigenvalue weighted by Crippen LogP contribution is 2.98. The van der Waals surface area contributed by atoms with Gasteiger partial charge in [-0.2, -0.15) is 0 Å². The summed E-state index contributed by atoms with van der Waals surface area (Å²) in [6.07, 6.45) is -0.441. The van der Waals surface area contributed by atoms with Gasteiger partial charge in [0.25, 0.3) is 0 Å². The van der Waals surface area contributed by atoms with Gasteiger partial charge in [-0.25, -0.2) is 0 Å². The van der Waals surface area contributed by atoms with Crippen molar-refractivity contribution < 1.29 is 39.0 Å². The zero-order valence-electron chi connectivity index (χ0n) is 29.6. The molecule has 0 saturated carbocycles. The Bertz CT molecular complexity index is 1560. The van der Waals surface area contributed by atoms with Crippen LogP contribution >= 0.6 is 9.84 Å². The summed E-state index contributed by atoms with van der Waals surface area (Å²) in [5.41, 5.74) is 3.11. The molecule has 2 aliphatic heterocycles. The van der Waals surface area contributed by atoms with Crippen LogP contribution in [0.5, 0.6) is 0 Å². The summed E-state index contributed by atoms with van der Waals surface area (Å²) in [4.78, 5) is 16.6. The number of halogens is 4. The van der Waals surface area contributed by atoms with Crippen molar-refractivity contribution in [2.75, 3.05) is 19.5 Å². The Morgan fingerprint density at radius 2 is 1.62 bits per heavy atom. The van der Waals surface area contributed by atoms with Crippen molar-refractivity contribution in [2.45, 2.75) is 128 Å². The predicted molar refractivity (Wildman–Crippen MR) is 180 cm³/mol. The standard InChI is InChI=1S/C35H51F4NO5SSi/c1-21(2)29-27-28(26-25(45-47(10,11)33(4,5)6)20-34(7,8)32(30(26)40-29)43-22(3)41)35(16-18-42-19-17-35)44-31(27)23-12-14-24(15-13-23)46(9,36,37,38)39/h12-15,21,25,31-32H,16-20H2,1-11H3/t25?,31-,32+/m1/s1. The molecule has 0 amide bonds. The van der Waals surface area contributed by atoms with E-state index in [1.807, 2.05) is 13.8 Å². The smallest absolute Gasteiger partial charge is 0.303 e. The Morgan fingerprint density at radius 1 is 1.04 bits per heavy atom. The van der Waals surface area contributed by atoms with E-state index < -0.39 is 52.2 Å². The van der Waals surface area contributed by atoms with Crippen LogP contribution in [0.3, 0.4) is 0 Å². The third kappa shape index (κ3) is 6.66. The number of ether oxygens (including phenoxy) is 3. The molecule has 1 aromatic heterocycles. The molecule has 0 bridgehead atoms. The first kappa shape index (κ1) is 36.3. The Morgan fingerprint density at radius 3 is 2.11 bits per heavy atom. The second kappa shape index (κ2) is 10.8. The highest BCUT2D eigenvalue weighted by atomic mass is 32.5. The number of esters is 1. The minimum atomic E-state index is -8.38. The van der Waals surface area contributed by atoms with Gasteiger partial charge in [0.05, 0.1) is 28.6 Å². The first-order chi connectivity index (χ1) is 21.2. The normalized spacial score (nSPS) is 25.6. The zero-order chi connectivity index (χ0) is 35.2. The van der Waals surface area contributed by atoms with Gasteiger partial charge in [0.2, 0.25) is 0 Å². The second-order valence-corrected chi connectivity index (χ2v) is 24.6. The maximum Gasteiger partial charge on any atom is 0.303 e. The van der Waals surface area contributed by atoms with Crippen LogP contribution in [0.25, 0.3) is 0 Å². The highest BCUT2D eigenvalue weighted by molar-refractivity contribution is 8.49. The summed E-state index contributed by atoms with van der Waals surface area (Å²) in [6, 6.07) is 4.28. The number of benzene rings is 1.